The van der Waals surface area contributed by atoms with Crippen LogP contribution < -0.4 is 11.1 Å². The van der Waals surface area contributed by atoms with Crippen LogP contribution in [0.15, 0.2) is 4.42 Å². The Labute approximate surface area is 86.8 Å². The van der Waals surface area contributed by atoms with Gasteiger partial charge in [0.25, 0.3) is 0 Å². The van der Waals surface area contributed by atoms with Crippen molar-refractivity contribution >= 4 is 11.8 Å². The monoisotopic (exact) mass is 214 g/mol. The number of hydrogen-bond acceptors (Lipinski definition) is 6. The van der Waals surface area contributed by atoms with Gasteiger partial charge in [-0.2, -0.15) is 0 Å². The van der Waals surface area contributed by atoms with E-state index in [9.17, 15) is 0 Å². The van der Waals surface area contributed by atoms with Crippen LogP contribution in [0, 0.1) is 0 Å². The van der Waals surface area contributed by atoms with Gasteiger partial charge in [-0.1, -0.05) is 0 Å². The zero-order chi connectivity index (χ0) is 10.2. The molecule has 0 amide bonds. The first-order chi connectivity index (χ1) is 6.57. The average molecular weight is 214 g/mol. The molecular weight excluding hydrogens is 200 g/mol. The minimum atomic E-state index is -0.559. The topological polar surface area (TPSA) is 77.0 Å². The molecule has 1 aliphatic heterocycles. The summed E-state index contributed by atoms with van der Waals surface area (Å²) >= 11 is 1.82. The molecular formula is C8H14N4OS. The predicted molar refractivity (Wildman–Crippen MR) is 54.7 cm³/mol. The summed E-state index contributed by atoms with van der Waals surface area (Å²) in [4.78, 5) is 0. The van der Waals surface area contributed by atoms with Crippen LogP contribution in [-0.2, 0) is 5.54 Å². The molecule has 1 aromatic rings. The number of nitrogens with one attached hydrogen (secondary N) is 1. The fraction of sp³-hybridized carbons (Fsp3) is 0.750. The van der Waals surface area contributed by atoms with Crippen LogP contribution in [0.2, 0.25) is 0 Å². The molecule has 0 unspecified atom stereocenters. The minimum Gasteiger partial charge on any atom is -0.422 e. The molecule has 1 saturated heterocycles. The maximum atomic E-state index is 5.85. The lowest BCUT2D eigenvalue weighted by Crippen LogP contribution is -2.29. The van der Waals surface area contributed by atoms with E-state index < -0.39 is 5.54 Å². The highest BCUT2D eigenvalue weighted by atomic mass is 32.2. The Hall–Kier alpha value is -0.590. The lowest BCUT2D eigenvalue weighted by Gasteiger charge is -2.11. The zero-order valence-corrected chi connectivity index (χ0v) is 9.10. The summed E-state index contributed by atoms with van der Waals surface area (Å²) in [6, 6.07) is 0.184. The Bertz CT molecular complexity index is 313. The first kappa shape index (κ1) is 9.95. The Morgan fingerprint density at radius 2 is 2.36 bits per heavy atom. The highest BCUT2D eigenvalue weighted by Gasteiger charge is 2.26. The van der Waals surface area contributed by atoms with Crippen molar-refractivity contribution in [2.75, 3.05) is 11.6 Å². The fourth-order valence-electron chi connectivity index (χ4n) is 1.19. The van der Waals surface area contributed by atoms with Crippen molar-refractivity contribution in [3.05, 3.63) is 11.8 Å². The van der Waals surface area contributed by atoms with E-state index in [4.69, 9.17) is 10.2 Å². The van der Waals surface area contributed by atoms with E-state index in [0.29, 0.717) is 11.8 Å². The quantitative estimate of drug-likeness (QED) is 0.750. The standard InChI is InChI=1S/C8H14N4OS/c1-8(2,9)7-12-11-6(13-7)5-3-14-4-10-5/h5,10H,3-4,9H2,1-2H3/t5-/m0/s1. The summed E-state index contributed by atoms with van der Waals surface area (Å²) in [6.45, 7) is 3.70. The van der Waals surface area contributed by atoms with E-state index in [2.05, 4.69) is 15.5 Å². The highest BCUT2D eigenvalue weighted by Crippen LogP contribution is 2.24. The second-order valence-electron chi connectivity index (χ2n) is 3.94. The maximum absolute atomic E-state index is 5.85. The van der Waals surface area contributed by atoms with Gasteiger partial charge in [0.15, 0.2) is 0 Å². The zero-order valence-electron chi connectivity index (χ0n) is 8.28. The molecule has 0 saturated carbocycles. The third kappa shape index (κ3) is 1.92. The molecule has 0 bridgehead atoms. The lowest BCUT2D eigenvalue weighted by atomic mass is 10.1. The molecule has 1 aliphatic rings. The first-order valence-corrected chi connectivity index (χ1v) is 5.67. The van der Waals surface area contributed by atoms with E-state index in [0.717, 1.165) is 11.6 Å². The fourth-order valence-corrected chi connectivity index (χ4v) is 2.12. The predicted octanol–water partition coefficient (Wildman–Crippen LogP) is 0.598. The molecule has 14 heavy (non-hydrogen) atoms. The number of nitrogens with zero attached hydrogens (tertiary/aromatic N) is 2. The van der Waals surface area contributed by atoms with Crippen LogP contribution in [0.4, 0.5) is 0 Å². The van der Waals surface area contributed by atoms with Crippen molar-refractivity contribution in [1.29, 1.82) is 0 Å². The molecule has 0 spiro atoms. The van der Waals surface area contributed by atoms with Crippen molar-refractivity contribution in [3.63, 3.8) is 0 Å². The normalized spacial score (nSPS) is 22.9. The summed E-state index contributed by atoms with van der Waals surface area (Å²) in [5.74, 6) is 3.05. The van der Waals surface area contributed by atoms with Crippen molar-refractivity contribution in [2.45, 2.75) is 25.4 Å². The summed E-state index contributed by atoms with van der Waals surface area (Å²) in [7, 11) is 0. The van der Waals surface area contributed by atoms with E-state index in [1.54, 1.807) is 0 Å². The molecule has 3 N–H and O–H groups in total. The van der Waals surface area contributed by atoms with Gasteiger partial charge in [0.05, 0.1) is 11.6 Å². The number of aromatic nitrogens is 2. The second-order valence-corrected chi connectivity index (χ2v) is 4.97. The molecule has 2 heterocycles. The van der Waals surface area contributed by atoms with Gasteiger partial charge in [-0.3, -0.25) is 5.32 Å². The van der Waals surface area contributed by atoms with Crippen LogP contribution >= 0.6 is 11.8 Å². The molecule has 1 fully saturated rings. The SMILES string of the molecule is CC(C)(N)c1nnc([C@@H]2CSCN2)o1. The van der Waals surface area contributed by atoms with Crippen LogP contribution in [-0.4, -0.2) is 21.8 Å². The first-order valence-electron chi connectivity index (χ1n) is 4.51. The number of nitrogens with two attached hydrogens (primary N) is 1. The number of thioether (sulfide) groups is 1. The Morgan fingerprint density at radius 1 is 1.57 bits per heavy atom. The lowest BCUT2D eigenvalue weighted by molar-refractivity contribution is 0.344. The van der Waals surface area contributed by atoms with Gasteiger partial charge in [-0.15, -0.1) is 22.0 Å². The van der Waals surface area contributed by atoms with Gasteiger partial charge in [0.2, 0.25) is 11.8 Å². The van der Waals surface area contributed by atoms with Crippen LogP contribution in [0.1, 0.15) is 31.7 Å². The molecule has 78 valence electrons. The largest absolute Gasteiger partial charge is 0.422 e. The van der Waals surface area contributed by atoms with Gasteiger partial charge < -0.3 is 10.2 Å². The smallest absolute Gasteiger partial charge is 0.235 e. The van der Waals surface area contributed by atoms with E-state index in [-0.39, 0.29) is 6.04 Å². The molecule has 1 atom stereocenters. The van der Waals surface area contributed by atoms with Crippen molar-refractivity contribution in [1.82, 2.24) is 15.5 Å². The molecule has 2 rings (SSSR count). The molecule has 0 aliphatic carbocycles. The van der Waals surface area contributed by atoms with Gasteiger partial charge in [-0.05, 0) is 13.8 Å². The third-order valence-electron chi connectivity index (χ3n) is 2.01. The number of rotatable bonds is 2. The van der Waals surface area contributed by atoms with Gasteiger partial charge >= 0.3 is 0 Å². The van der Waals surface area contributed by atoms with Crippen LogP contribution in [0.5, 0.6) is 0 Å². The Balaban J connectivity index is 2.17. The van der Waals surface area contributed by atoms with E-state index >= 15 is 0 Å². The Kier molecular flexibility index (Phi) is 2.50. The van der Waals surface area contributed by atoms with Crippen LogP contribution in [0.3, 0.4) is 0 Å². The maximum Gasteiger partial charge on any atom is 0.235 e. The van der Waals surface area contributed by atoms with Crippen LogP contribution in [0.25, 0.3) is 0 Å². The van der Waals surface area contributed by atoms with Gasteiger partial charge in [0.1, 0.15) is 0 Å². The van der Waals surface area contributed by atoms with Crippen molar-refractivity contribution in [3.8, 4) is 0 Å². The summed E-state index contributed by atoms with van der Waals surface area (Å²) in [6.07, 6.45) is 0. The average Bonchev–Trinajstić information content (AvgIpc) is 2.73. The minimum absolute atomic E-state index is 0.184. The van der Waals surface area contributed by atoms with E-state index in [1.165, 1.54) is 0 Å². The second kappa shape index (κ2) is 3.52. The van der Waals surface area contributed by atoms with Gasteiger partial charge in [0, 0.05) is 11.6 Å². The summed E-state index contributed by atoms with van der Waals surface area (Å²) < 4.78 is 5.51. The number of hydrogen-bond donors (Lipinski definition) is 2. The molecule has 6 heteroatoms. The Morgan fingerprint density at radius 3 is 2.86 bits per heavy atom. The summed E-state index contributed by atoms with van der Waals surface area (Å²) in [5.41, 5.74) is 5.29. The van der Waals surface area contributed by atoms with E-state index in [1.807, 2.05) is 25.6 Å². The molecule has 0 radical (unpaired) electrons. The van der Waals surface area contributed by atoms with Crippen molar-refractivity contribution in [2.24, 2.45) is 5.73 Å². The highest BCUT2D eigenvalue weighted by molar-refractivity contribution is 7.99. The molecule has 1 aromatic heterocycles. The molecule has 0 aromatic carbocycles. The summed E-state index contributed by atoms with van der Waals surface area (Å²) in [5, 5.41) is 11.2. The third-order valence-corrected chi connectivity index (χ3v) is 2.95. The van der Waals surface area contributed by atoms with Crippen molar-refractivity contribution < 1.29 is 4.42 Å². The molecule has 5 nitrogen and oxygen atoms in total. The van der Waals surface area contributed by atoms with Gasteiger partial charge in [-0.25, -0.2) is 0 Å².